The summed E-state index contributed by atoms with van der Waals surface area (Å²) in [5.74, 6) is 0.164. The topological polar surface area (TPSA) is 61.4 Å². The summed E-state index contributed by atoms with van der Waals surface area (Å²) in [6.45, 7) is 9.16. The van der Waals surface area contributed by atoms with Crippen molar-refractivity contribution in [3.8, 4) is 0 Å². The summed E-state index contributed by atoms with van der Waals surface area (Å²) in [4.78, 5) is 17.7. The van der Waals surface area contributed by atoms with Gasteiger partial charge in [0, 0.05) is 6.54 Å². The maximum atomic E-state index is 12.9. The van der Waals surface area contributed by atoms with Crippen molar-refractivity contribution in [3.05, 3.63) is 10.0 Å². The Hall–Kier alpha value is -1.05. The number of nitrogens with zero attached hydrogens (tertiary/aromatic N) is 4. The molecule has 0 saturated carbocycles. The zero-order valence-electron chi connectivity index (χ0n) is 15.8. The van der Waals surface area contributed by atoms with E-state index in [1.54, 1.807) is 11.3 Å². The van der Waals surface area contributed by atoms with Gasteiger partial charge in [-0.1, -0.05) is 25.2 Å². The zero-order chi connectivity index (χ0) is 17.9. The lowest BCUT2D eigenvalue weighted by molar-refractivity contribution is -0.125. The van der Waals surface area contributed by atoms with Crippen LogP contribution in [0.3, 0.4) is 0 Å². The number of likely N-dealkylation sites (tertiary alicyclic amines) is 2. The minimum Gasteiger partial charge on any atom is -0.348 e. The molecule has 3 heterocycles. The molecule has 0 aromatic carbocycles. The third-order valence-corrected chi connectivity index (χ3v) is 6.76. The van der Waals surface area contributed by atoms with E-state index in [2.05, 4.69) is 46.2 Å². The second kappa shape index (κ2) is 8.10. The van der Waals surface area contributed by atoms with Gasteiger partial charge in [-0.3, -0.25) is 9.69 Å². The molecule has 6 nitrogen and oxygen atoms in total. The van der Waals surface area contributed by atoms with E-state index in [1.165, 1.54) is 12.8 Å². The Morgan fingerprint density at radius 3 is 2.64 bits per heavy atom. The Balaban J connectivity index is 1.60. The number of carbonyl (C=O) groups is 1. The van der Waals surface area contributed by atoms with Crippen molar-refractivity contribution in [2.75, 3.05) is 33.2 Å². The molecule has 1 aromatic heterocycles. The molecule has 1 spiro atoms. The van der Waals surface area contributed by atoms with Crippen molar-refractivity contribution in [2.45, 2.75) is 58.5 Å². The number of aromatic nitrogens is 2. The third kappa shape index (κ3) is 4.38. The van der Waals surface area contributed by atoms with Crippen molar-refractivity contribution in [1.29, 1.82) is 0 Å². The van der Waals surface area contributed by atoms with Crippen LogP contribution in [0.25, 0.3) is 0 Å². The van der Waals surface area contributed by atoms with Gasteiger partial charge < -0.3 is 10.2 Å². The summed E-state index contributed by atoms with van der Waals surface area (Å²) in [5, 5.41) is 13.3. The minimum atomic E-state index is 0.0157. The largest absolute Gasteiger partial charge is 0.348 e. The number of piperidine rings is 1. The Kier molecular flexibility index (Phi) is 6.07. The van der Waals surface area contributed by atoms with Gasteiger partial charge >= 0.3 is 0 Å². The van der Waals surface area contributed by atoms with E-state index in [9.17, 15) is 4.79 Å². The molecular formula is C18H31N5OS. The van der Waals surface area contributed by atoms with Crippen LogP contribution in [0.5, 0.6) is 0 Å². The normalized spacial score (nSPS) is 24.0. The van der Waals surface area contributed by atoms with Gasteiger partial charge in [0.15, 0.2) is 0 Å². The number of hydrogen-bond acceptors (Lipinski definition) is 6. The Morgan fingerprint density at radius 2 is 2.00 bits per heavy atom. The summed E-state index contributed by atoms with van der Waals surface area (Å²) in [7, 11) is 2.20. The summed E-state index contributed by atoms with van der Waals surface area (Å²) in [6, 6.07) is 0.0157. The molecule has 1 atom stereocenters. The Morgan fingerprint density at radius 1 is 1.28 bits per heavy atom. The molecule has 1 amide bonds. The van der Waals surface area contributed by atoms with Crippen molar-refractivity contribution in [2.24, 2.45) is 5.41 Å². The monoisotopic (exact) mass is 365 g/mol. The van der Waals surface area contributed by atoms with Crippen molar-refractivity contribution in [3.63, 3.8) is 0 Å². The van der Waals surface area contributed by atoms with Crippen LogP contribution in [0, 0.1) is 5.41 Å². The second-order valence-corrected chi connectivity index (χ2v) is 8.80. The molecular weight excluding hydrogens is 334 g/mol. The van der Waals surface area contributed by atoms with E-state index < -0.39 is 0 Å². The van der Waals surface area contributed by atoms with Gasteiger partial charge in [0.25, 0.3) is 0 Å². The third-order valence-electron chi connectivity index (χ3n) is 5.69. The number of rotatable bonds is 6. The predicted octanol–water partition coefficient (Wildman–Crippen LogP) is 1.91. The highest BCUT2D eigenvalue weighted by molar-refractivity contribution is 7.11. The Bertz CT molecular complexity index is 582. The van der Waals surface area contributed by atoms with Gasteiger partial charge in [-0.05, 0) is 64.2 Å². The molecule has 7 heteroatoms. The summed E-state index contributed by atoms with van der Waals surface area (Å²) >= 11 is 1.59. The lowest BCUT2D eigenvalue weighted by Gasteiger charge is -2.37. The molecule has 2 fully saturated rings. The van der Waals surface area contributed by atoms with Crippen LogP contribution in [0.1, 0.15) is 49.5 Å². The lowest BCUT2D eigenvalue weighted by Crippen LogP contribution is -2.43. The van der Waals surface area contributed by atoms with Crippen molar-refractivity contribution in [1.82, 2.24) is 25.3 Å². The molecule has 0 radical (unpaired) electrons. The number of amides is 1. The van der Waals surface area contributed by atoms with Crippen LogP contribution in [-0.4, -0.2) is 65.2 Å². The van der Waals surface area contributed by atoms with E-state index in [-0.39, 0.29) is 11.9 Å². The predicted molar refractivity (Wildman–Crippen MR) is 101 cm³/mol. The van der Waals surface area contributed by atoms with E-state index in [0.717, 1.165) is 55.5 Å². The van der Waals surface area contributed by atoms with E-state index in [0.29, 0.717) is 12.0 Å². The van der Waals surface area contributed by atoms with Crippen LogP contribution >= 0.6 is 11.3 Å². The van der Waals surface area contributed by atoms with Gasteiger partial charge in [0.05, 0.1) is 12.6 Å². The SMILES string of the molecule is CCCN1CC2(CCN(C)CC2)CC1C(=O)NCc1nnc(CC)s1. The maximum Gasteiger partial charge on any atom is 0.237 e. The molecule has 2 saturated heterocycles. The maximum absolute atomic E-state index is 12.9. The molecule has 140 valence electrons. The average molecular weight is 366 g/mol. The fourth-order valence-electron chi connectivity index (χ4n) is 4.16. The first kappa shape index (κ1) is 18.7. The van der Waals surface area contributed by atoms with Gasteiger partial charge in [-0.15, -0.1) is 10.2 Å². The molecule has 0 bridgehead atoms. The average Bonchev–Trinajstić information content (AvgIpc) is 3.21. The van der Waals surface area contributed by atoms with Gasteiger partial charge in [-0.25, -0.2) is 0 Å². The molecule has 1 N–H and O–H groups in total. The number of aryl methyl sites for hydroxylation is 1. The molecule has 1 unspecified atom stereocenters. The van der Waals surface area contributed by atoms with Crippen LogP contribution in [-0.2, 0) is 17.8 Å². The molecule has 3 rings (SSSR count). The smallest absolute Gasteiger partial charge is 0.237 e. The molecule has 2 aliphatic rings. The van der Waals surface area contributed by atoms with Crippen molar-refractivity contribution < 1.29 is 4.79 Å². The van der Waals surface area contributed by atoms with E-state index in [4.69, 9.17) is 0 Å². The molecule has 25 heavy (non-hydrogen) atoms. The Labute approximate surface area is 155 Å². The van der Waals surface area contributed by atoms with Crippen LogP contribution in [0.15, 0.2) is 0 Å². The van der Waals surface area contributed by atoms with Gasteiger partial charge in [0.2, 0.25) is 5.91 Å². The standard InChI is InChI=1S/C18H31N5OS/c1-4-8-23-13-18(6-9-22(3)10-7-18)11-14(23)17(24)19-12-16-21-20-15(5-2)25-16/h14H,4-13H2,1-3H3,(H,19,24). The highest BCUT2D eigenvalue weighted by Crippen LogP contribution is 2.43. The quantitative estimate of drug-likeness (QED) is 0.834. The fraction of sp³-hybridized carbons (Fsp3) is 0.833. The fourth-order valence-corrected chi connectivity index (χ4v) is 4.89. The van der Waals surface area contributed by atoms with Gasteiger partial charge in [-0.2, -0.15) is 0 Å². The first-order valence-electron chi connectivity index (χ1n) is 9.57. The number of nitrogens with one attached hydrogen (secondary N) is 1. The van der Waals surface area contributed by atoms with E-state index in [1.807, 2.05) is 0 Å². The lowest BCUT2D eigenvalue weighted by atomic mass is 9.76. The van der Waals surface area contributed by atoms with Crippen molar-refractivity contribution >= 4 is 17.2 Å². The first-order valence-corrected chi connectivity index (χ1v) is 10.4. The minimum absolute atomic E-state index is 0.0157. The zero-order valence-corrected chi connectivity index (χ0v) is 16.6. The summed E-state index contributed by atoms with van der Waals surface area (Å²) in [5.41, 5.74) is 0.335. The molecule has 0 aliphatic carbocycles. The first-order chi connectivity index (χ1) is 12.0. The number of hydrogen-bond donors (Lipinski definition) is 1. The van der Waals surface area contributed by atoms with Gasteiger partial charge in [0.1, 0.15) is 10.0 Å². The summed E-state index contributed by atoms with van der Waals surface area (Å²) in [6.07, 6.45) is 5.42. The second-order valence-electron chi connectivity index (χ2n) is 7.65. The number of carbonyl (C=O) groups excluding carboxylic acids is 1. The molecule has 2 aliphatic heterocycles. The van der Waals surface area contributed by atoms with Crippen LogP contribution < -0.4 is 5.32 Å². The van der Waals surface area contributed by atoms with Crippen LogP contribution in [0.4, 0.5) is 0 Å². The summed E-state index contributed by atoms with van der Waals surface area (Å²) < 4.78 is 0. The molecule has 1 aromatic rings. The van der Waals surface area contributed by atoms with Crippen LogP contribution in [0.2, 0.25) is 0 Å². The highest BCUT2D eigenvalue weighted by atomic mass is 32.1. The van der Waals surface area contributed by atoms with E-state index >= 15 is 0 Å². The highest BCUT2D eigenvalue weighted by Gasteiger charge is 2.47.